The van der Waals surface area contributed by atoms with Crippen molar-refractivity contribution in [3.8, 4) is 0 Å². The average molecular weight is 328 g/mol. The fraction of sp³-hybridized carbons (Fsp3) is 0.909. The number of carbonyl (C=O) groups excluding carboxylic acids is 1. The predicted molar refractivity (Wildman–Crippen MR) is 57.2 cm³/mol. The third-order valence-corrected chi connectivity index (χ3v) is 2.07. The maximum atomic E-state index is 12.9. The van der Waals surface area contributed by atoms with Gasteiger partial charge in [-0.05, 0) is 27.7 Å². The fourth-order valence-corrected chi connectivity index (χ4v) is 0.964. The molecular formula is C11H15F7O3. The lowest BCUT2D eigenvalue weighted by Gasteiger charge is -2.28. The minimum absolute atomic E-state index is 0.442. The molecule has 0 aliphatic carbocycles. The molecule has 0 radical (unpaired) electrons. The Balaban J connectivity index is 4.86. The maximum Gasteiger partial charge on any atom is 0.460 e. The van der Waals surface area contributed by atoms with Gasteiger partial charge in [0.2, 0.25) is 0 Å². The number of hydrogen-bond acceptors (Lipinski definition) is 3. The average Bonchev–Trinajstić information content (AvgIpc) is 2.23. The van der Waals surface area contributed by atoms with Crippen LogP contribution in [0.25, 0.3) is 0 Å². The minimum Gasteiger partial charge on any atom is -0.456 e. The monoisotopic (exact) mass is 328 g/mol. The van der Waals surface area contributed by atoms with Crippen molar-refractivity contribution in [3.63, 3.8) is 0 Å². The van der Waals surface area contributed by atoms with Crippen molar-refractivity contribution in [2.24, 2.45) is 0 Å². The molecule has 0 spiro atoms. The molecule has 126 valence electrons. The summed E-state index contributed by atoms with van der Waals surface area (Å²) in [7, 11) is 0. The number of esters is 1. The Morgan fingerprint density at radius 3 is 1.76 bits per heavy atom. The van der Waals surface area contributed by atoms with Crippen LogP contribution in [0.15, 0.2) is 0 Å². The summed E-state index contributed by atoms with van der Waals surface area (Å²) in [6, 6.07) is 0. The lowest BCUT2D eigenvalue weighted by Crippen LogP contribution is -2.57. The SMILES string of the molecule is CC(COC(C)(C)C)OC(=O)C(F)(F)C(F)(F)C(F)(F)F. The highest BCUT2D eigenvalue weighted by Gasteiger charge is 2.77. The van der Waals surface area contributed by atoms with Gasteiger partial charge in [0.25, 0.3) is 0 Å². The topological polar surface area (TPSA) is 35.5 Å². The lowest BCUT2D eigenvalue weighted by molar-refractivity contribution is -0.349. The second-order valence-corrected chi connectivity index (χ2v) is 5.29. The quantitative estimate of drug-likeness (QED) is 0.572. The van der Waals surface area contributed by atoms with Gasteiger partial charge in [0.1, 0.15) is 6.10 Å². The van der Waals surface area contributed by atoms with Crippen LogP contribution in [0, 0.1) is 0 Å². The van der Waals surface area contributed by atoms with Crippen molar-refractivity contribution >= 4 is 5.97 Å². The molecule has 0 saturated carbocycles. The Morgan fingerprint density at radius 1 is 1.00 bits per heavy atom. The van der Waals surface area contributed by atoms with Crippen molar-refractivity contribution in [2.75, 3.05) is 6.61 Å². The predicted octanol–water partition coefficient (Wildman–Crippen LogP) is 3.57. The van der Waals surface area contributed by atoms with Crippen LogP contribution in [0.1, 0.15) is 27.7 Å². The van der Waals surface area contributed by atoms with Crippen molar-refractivity contribution in [3.05, 3.63) is 0 Å². The third kappa shape index (κ3) is 5.01. The van der Waals surface area contributed by atoms with E-state index in [0.717, 1.165) is 6.92 Å². The smallest absolute Gasteiger partial charge is 0.456 e. The van der Waals surface area contributed by atoms with Gasteiger partial charge in [0.15, 0.2) is 0 Å². The van der Waals surface area contributed by atoms with Gasteiger partial charge < -0.3 is 9.47 Å². The molecular weight excluding hydrogens is 313 g/mol. The molecule has 0 aliphatic rings. The number of carbonyl (C=O) groups is 1. The molecule has 0 heterocycles. The van der Waals surface area contributed by atoms with Crippen molar-refractivity contribution < 1.29 is 45.0 Å². The number of halogens is 7. The van der Waals surface area contributed by atoms with E-state index in [1.807, 2.05) is 0 Å². The molecule has 0 N–H and O–H groups in total. The molecule has 0 aromatic carbocycles. The number of hydrogen-bond donors (Lipinski definition) is 0. The van der Waals surface area contributed by atoms with Crippen LogP contribution >= 0.6 is 0 Å². The van der Waals surface area contributed by atoms with Crippen molar-refractivity contribution in [2.45, 2.75) is 57.4 Å². The Kier molecular flexibility index (Phi) is 5.67. The molecule has 0 bridgehead atoms. The molecule has 0 saturated heterocycles. The zero-order valence-corrected chi connectivity index (χ0v) is 11.7. The van der Waals surface area contributed by atoms with E-state index in [0.29, 0.717) is 0 Å². The first-order valence-corrected chi connectivity index (χ1v) is 5.70. The Labute approximate surface area is 116 Å². The highest BCUT2D eigenvalue weighted by molar-refractivity contribution is 5.79. The van der Waals surface area contributed by atoms with Crippen LogP contribution in [0.3, 0.4) is 0 Å². The molecule has 0 aromatic rings. The van der Waals surface area contributed by atoms with Crippen LogP contribution in [-0.2, 0) is 14.3 Å². The molecule has 0 fully saturated rings. The van der Waals surface area contributed by atoms with Crippen LogP contribution in [-0.4, -0.2) is 42.3 Å². The summed E-state index contributed by atoms with van der Waals surface area (Å²) >= 11 is 0. The molecule has 21 heavy (non-hydrogen) atoms. The molecule has 10 heteroatoms. The molecule has 0 amide bonds. The van der Waals surface area contributed by atoms with Gasteiger partial charge in [0.05, 0.1) is 12.2 Å². The van der Waals surface area contributed by atoms with Gasteiger partial charge in [0, 0.05) is 0 Å². The van der Waals surface area contributed by atoms with Crippen LogP contribution in [0.4, 0.5) is 30.7 Å². The second-order valence-electron chi connectivity index (χ2n) is 5.29. The largest absolute Gasteiger partial charge is 0.460 e. The van der Waals surface area contributed by atoms with Gasteiger partial charge in [-0.2, -0.15) is 30.7 Å². The van der Waals surface area contributed by atoms with E-state index < -0.39 is 42.3 Å². The van der Waals surface area contributed by atoms with E-state index in [1.54, 1.807) is 20.8 Å². The maximum absolute atomic E-state index is 12.9. The van der Waals surface area contributed by atoms with Gasteiger partial charge in [-0.1, -0.05) is 0 Å². The standard InChI is InChI=1S/C11H15F7O3/c1-6(5-20-8(2,3)4)21-7(19)9(12,13)10(14,15)11(16,17)18/h6H,5H2,1-4H3. The van der Waals surface area contributed by atoms with Crippen molar-refractivity contribution in [1.29, 1.82) is 0 Å². The summed E-state index contributed by atoms with van der Waals surface area (Å²) in [6.45, 7) is 5.31. The molecule has 0 aliphatic heterocycles. The Hall–Kier alpha value is -1.06. The van der Waals surface area contributed by atoms with Crippen LogP contribution < -0.4 is 0 Å². The normalized spacial score (nSPS) is 15.8. The molecule has 0 rings (SSSR count). The zero-order valence-electron chi connectivity index (χ0n) is 11.7. The fourth-order valence-electron chi connectivity index (χ4n) is 0.964. The summed E-state index contributed by atoms with van der Waals surface area (Å²) < 4.78 is 95.6. The molecule has 0 aromatic heterocycles. The number of ether oxygens (including phenoxy) is 2. The van der Waals surface area contributed by atoms with Gasteiger partial charge >= 0.3 is 24.0 Å². The minimum atomic E-state index is -6.58. The van der Waals surface area contributed by atoms with Crippen LogP contribution in [0.2, 0.25) is 0 Å². The number of rotatable bonds is 5. The van der Waals surface area contributed by atoms with E-state index in [-0.39, 0.29) is 0 Å². The summed E-state index contributed by atoms with van der Waals surface area (Å²) in [4.78, 5) is 10.9. The second kappa shape index (κ2) is 5.98. The first-order chi connectivity index (χ1) is 9.02. The van der Waals surface area contributed by atoms with Crippen LogP contribution in [0.5, 0.6) is 0 Å². The summed E-state index contributed by atoms with van der Waals surface area (Å²) in [5, 5.41) is 0. The first kappa shape index (κ1) is 19.9. The Bertz CT molecular complexity index is 371. The Morgan fingerprint density at radius 2 is 1.43 bits per heavy atom. The highest BCUT2D eigenvalue weighted by atomic mass is 19.4. The van der Waals surface area contributed by atoms with E-state index in [4.69, 9.17) is 4.74 Å². The van der Waals surface area contributed by atoms with Gasteiger partial charge in [-0.3, -0.25) is 0 Å². The molecule has 1 atom stereocenters. The first-order valence-electron chi connectivity index (χ1n) is 5.70. The van der Waals surface area contributed by atoms with E-state index in [1.165, 1.54) is 0 Å². The summed E-state index contributed by atoms with van der Waals surface area (Å²) in [5.41, 5.74) is -0.737. The lowest BCUT2D eigenvalue weighted by atomic mass is 10.1. The highest BCUT2D eigenvalue weighted by Crippen LogP contribution is 2.47. The van der Waals surface area contributed by atoms with E-state index in [2.05, 4.69) is 4.74 Å². The molecule has 1 unspecified atom stereocenters. The molecule has 3 nitrogen and oxygen atoms in total. The zero-order chi connectivity index (χ0) is 17.3. The third-order valence-electron chi connectivity index (χ3n) is 2.07. The van der Waals surface area contributed by atoms with Gasteiger partial charge in [-0.25, -0.2) is 4.79 Å². The number of alkyl halides is 7. The summed E-state index contributed by atoms with van der Waals surface area (Å²) in [6.07, 6.45) is -8.01. The van der Waals surface area contributed by atoms with Gasteiger partial charge in [-0.15, -0.1) is 0 Å². The van der Waals surface area contributed by atoms with E-state index >= 15 is 0 Å². The summed E-state index contributed by atoms with van der Waals surface area (Å²) in [5.74, 6) is -15.5. The van der Waals surface area contributed by atoms with Crippen molar-refractivity contribution in [1.82, 2.24) is 0 Å². The van der Waals surface area contributed by atoms with E-state index in [9.17, 15) is 35.5 Å².